The Labute approximate surface area is 128 Å². The average Bonchev–Trinajstić information content (AvgIpc) is 2.96. The summed E-state index contributed by atoms with van der Waals surface area (Å²) in [5.41, 5.74) is 8.36. The van der Waals surface area contributed by atoms with Crippen molar-refractivity contribution in [1.29, 1.82) is 0 Å². The highest BCUT2D eigenvalue weighted by molar-refractivity contribution is 9.10. The molecule has 0 amide bonds. The van der Waals surface area contributed by atoms with Crippen molar-refractivity contribution in [3.05, 3.63) is 41.3 Å². The first-order chi connectivity index (χ1) is 9.81. The normalized spacial score (nSPS) is 22.9. The van der Waals surface area contributed by atoms with Crippen molar-refractivity contribution in [2.24, 2.45) is 11.7 Å². The highest BCUT2D eigenvalue weighted by Gasteiger charge is 2.27. The van der Waals surface area contributed by atoms with Gasteiger partial charge in [0.15, 0.2) is 0 Å². The Morgan fingerprint density at radius 2 is 2.05 bits per heavy atom. The predicted molar refractivity (Wildman–Crippen MR) is 85.4 cm³/mol. The minimum atomic E-state index is 0.485. The SMILES string of the molecule is NCC1CCCCC1n1cncc1-c1ccccc1Br. The molecule has 0 spiro atoms. The van der Waals surface area contributed by atoms with Crippen LogP contribution >= 0.6 is 15.9 Å². The molecule has 2 atom stereocenters. The number of nitrogens with two attached hydrogens (primary N) is 1. The lowest BCUT2D eigenvalue weighted by atomic mass is 9.84. The van der Waals surface area contributed by atoms with E-state index in [0.29, 0.717) is 12.0 Å². The molecule has 3 rings (SSSR count). The summed E-state index contributed by atoms with van der Waals surface area (Å²) in [5.74, 6) is 0.569. The van der Waals surface area contributed by atoms with Gasteiger partial charge in [0, 0.05) is 16.1 Å². The van der Waals surface area contributed by atoms with Gasteiger partial charge in [0.05, 0.1) is 18.2 Å². The number of nitrogens with zero attached hydrogens (tertiary/aromatic N) is 2. The molecule has 2 unspecified atom stereocenters. The van der Waals surface area contributed by atoms with Gasteiger partial charge in [-0.25, -0.2) is 4.98 Å². The van der Waals surface area contributed by atoms with E-state index in [-0.39, 0.29) is 0 Å². The highest BCUT2D eigenvalue weighted by atomic mass is 79.9. The minimum Gasteiger partial charge on any atom is -0.330 e. The maximum atomic E-state index is 5.98. The van der Waals surface area contributed by atoms with Gasteiger partial charge in [0.25, 0.3) is 0 Å². The molecule has 2 aromatic rings. The van der Waals surface area contributed by atoms with E-state index in [2.05, 4.69) is 43.7 Å². The smallest absolute Gasteiger partial charge is 0.0953 e. The summed E-state index contributed by atoms with van der Waals surface area (Å²) in [5, 5.41) is 0. The Morgan fingerprint density at radius 1 is 1.25 bits per heavy atom. The van der Waals surface area contributed by atoms with Crippen molar-refractivity contribution >= 4 is 15.9 Å². The van der Waals surface area contributed by atoms with Crippen molar-refractivity contribution in [2.75, 3.05) is 6.54 Å². The summed E-state index contributed by atoms with van der Waals surface area (Å²) in [6, 6.07) is 8.81. The second-order valence-electron chi connectivity index (χ2n) is 5.51. The van der Waals surface area contributed by atoms with Crippen LogP contribution in [0.4, 0.5) is 0 Å². The first kappa shape index (κ1) is 13.8. The quantitative estimate of drug-likeness (QED) is 0.922. The number of hydrogen-bond donors (Lipinski definition) is 1. The fourth-order valence-corrected chi connectivity index (χ4v) is 3.76. The molecular weight excluding hydrogens is 314 g/mol. The Morgan fingerprint density at radius 3 is 2.85 bits per heavy atom. The van der Waals surface area contributed by atoms with Crippen LogP contribution in [0.3, 0.4) is 0 Å². The largest absolute Gasteiger partial charge is 0.330 e. The van der Waals surface area contributed by atoms with Crippen molar-refractivity contribution < 1.29 is 0 Å². The van der Waals surface area contributed by atoms with E-state index >= 15 is 0 Å². The van der Waals surface area contributed by atoms with Crippen LogP contribution in [-0.4, -0.2) is 16.1 Å². The number of aromatic nitrogens is 2. The van der Waals surface area contributed by atoms with Gasteiger partial charge < -0.3 is 10.3 Å². The van der Waals surface area contributed by atoms with Crippen molar-refractivity contribution in [3.63, 3.8) is 0 Å². The van der Waals surface area contributed by atoms with Gasteiger partial charge in [-0.3, -0.25) is 0 Å². The van der Waals surface area contributed by atoms with Crippen molar-refractivity contribution in [1.82, 2.24) is 9.55 Å². The molecule has 1 aromatic carbocycles. The summed E-state index contributed by atoms with van der Waals surface area (Å²) < 4.78 is 3.44. The van der Waals surface area contributed by atoms with Crippen molar-refractivity contribution in [2.45, 2.75) is 31.7 Å². The van der Waals surface area contributed by atoms with Gasteiger partial charge in [0.2, 0.25) is 0 Å². The average molecular weight is 334 g/mol. The van der Waals surface area contributed by atoms with E-state index in [0.717, 1.165) is 11.0 Å². The molecule has 0 radical (unpaired) electrons. The maximum absolute atomic E-state index is 5.98. The number of halogens is 1. The molecule has 1 aliphatic carbocycles. The van der Waals surface area contributed by atoms with Crippen molar-refractivity contribution in [3.8, 4) is 11.3 Å². The van der Waals surface area contributed by atoms with Crippen LogP contribution in [0.2, 0.25) is 0 Å². The second kappa shape index (κ2) is 6.10. The lowest BCUT2D eigenvalue weighted by Crippen LogP contribution is -2.29. The maximum Gasteiger partial charge on any atom is 0.0953 e. The van der Waals surface area contributed by atoms with Crippen LogP contribution in [-0.2, 0) is 0 Å². The van der Waals surface area contributed by atoms with Crippen LogP contribution in [0.15, 0.2) is 41.3 Å². The van der Waals surface area contributed by atoms with Gasteiger partial charge in [-0.1, -0.05) is 47.0 Å². The highest BCUT2D eigenvalue weighted by Crippen LogP contribution is 2.37. The molecule has 1 aromatic heterocycles. The van der Waals surface area contributed by atoms with Gasteiger partial charge in [-0.2, -0.15) is 0 Å². The zero-order valence-corrected chi connectivity index (χ0v) is 13.1. The topological polar surface area (TPSA) is 43.8 Å². The van der Waals surface area contributed by atoms with E-state index in [4.69, 9.17) is 5.73 Å². The van der Waals surface area contributed by atoms with E-state index in [1.54, 1.807) is 0 Å². The first-order valence-corrected chi connectivity index (χ1v) is 8.07. The molecule has 20 heavy (non-hydrogen) atoms. The fourth-order valence-electron chi connectivity index (χ4n) is 3.28. The molecule has 0 bridgehead atoms. The standard InChI is InChI=1S/C16H20BrN3/c17-14-7-3-2-6-13(14)16-10-19-11-20(16)15-8-4-1-5-12(15)9-18/h2-3,6-7,10-12,15H,1,4-5,8-9,18H2. The Kier molecular flexibility index (Phi) is 4.22. The molecule has 1 fully saturated rings. The number of imidazole rings is 1. The zero-order valence-electron chi connectivity index (χ0n) is 11.5. The molecule has 0 saturated heterocycles. The summed E-state index contributed by atoms with van der Waals surface area (Å²) >= 11 is 3.64. The Balaban J connectivity index is 2.00. The Hall–Kier alpha value is -1.13. The second-order valence-corrected chi connectivity index (χ2v) is 6.37. The molecular formula is C16H20BrN3. The molecule has 2 N–H and O–H groups in total. The molecule has 3 nitrogen and oxygen atoms in total. The lowest BCUT2D eigenvalue weighted by Gasteiger charge is -2.32. The number of rotatable bonds is 3. The number of benzene rings is 1. The van der Waals surface area contributed by atoms with E-state index in [1.807, 2.05) is 18.6 Å². The predicted octanol–water partition coefficient (Wildman–Crippen LogP) is 4.00. The molecule has 0 aliphatic heterocycles. The summed E-state index contributed by atoms with van der Waals surface area (Å²) in [6.45, 7) is 0.762. The Bertz CT molecular complexity index is 579. The molecule has 1 heterocycles. The van der Waals surface area contributed by atoms with Gasteiger partial charge in [-0.15, -0.1) is 0 Å². The summed E-state index contributed by atoms with van der Waals surface area (Å²) in [6.07, 6.45) is 8.95. The molecule has 1 saturated carbocycles. The summed E-state index contributed by atoms with van der Waals surface area (Å²) in [7, 11) is 0. The molecule has 1 aliphatic rings. The lowest BCUT2D eigenvalue weighted by molar-refractivity contribution is 0.246. The van der Waals surface area contributed by atoms with Crippen LogP contribution in [0, 0.1) is 5.92 Å². The minimum absolute atomic E-state index is 0.485. The third kappa shape index (κ3) is 2.54. The van der Waals surface area contributed by atoms with Crippen LogP contribution < -0.4 is 5.73 Å². The molecule has 106 valence electrons. The third-order valence-corrected chi connectivity index (χ3v) is 5.04. The van der Waals surface area contributed by atoms with Gasteiger partial charge in [-0.05, 0) is 31.4 Å². The van der Waals surface area contributed by atoms with E-state index in [9.17, 15) is 0 Å². The van der Waals surface area contributed by atoms with Gasteiger partial charge >= 0.3 is 0 Å². The zero-order chi connectivity index (χ0) is 13.9. The fraction of sp³-hybridized carbons (Fsp3) is 0.438. The first-order valence-electron chi connectivity index (χ1n) is 7.28. The molecule has 4 heteroatoms. The third-order valence-electron chi connectivity index (χ3n) is 4.34. The van der Waals surface area contributed by atoms with E-state index in [1.165, 1.54) is 36.9 Å². The monoisotopic (exact) mass is 333 g/mol. The van der Waals surface area contributed by atoms with Crippen LogP contribution in [0.1, 0.15) is 31.7 Å². The van der Waals surface area contributed by atoms with Gasteiger partial charge in [0.1, 0.15) is 0 Å². The summed E-state index contributed by atoms with van der Waals surface area (Å²) in [4.78, 5) is 4.38. The van der Waals surface area contributed by atoms with Crippen LogP contribution in [0.25, 0.3) is 11.3 Å². The van der Waals surface area contributed by atoms with E-state index < -0.39 is 0 Å². The van der Waals surface area contributed by atoms with Crippen LogP contribution in [0.5, 0.6) is 0 Å². The number of hydrogen-bond acceptors (Lipinski definition) is 2.